The van der Waals surface area contributed by atoms with Gasteiger partial charge in [0.1, 0.15) is 0 Å². The van der Waals surface area contributed by atoms with Crippen molar-refractivity contribution < 1.29 is 14.3 Å². The molecule has 1 saturated heterocycles. The second kappa shape index (κ2) is 5.12. The molecule has 0 radical (unpaired) electrons. The van der Waals surface area contributed by atoms with E-state index in [4.69, 9.17) is 0 Å². The van der Waals surface area contributed by atoms with Crippen molar-refractivity contribution in [1.29, 1.82) is 0 Å². The summed E-state index contributed by atoms with van der Waals surface area (Å²) in [4.78, 5) is 11.6. The number of hydrogen-bond donors (Lipinski definition) is 3. The summed E-state index contributed by atoms with van der Waals surface area (Å²) < 4.78 is 13.9. The fourth-order valence-electron chi connectivity index (χ4n) is 1.79. The van der Waals surface area contributed by atoms with E-state index < -0.39 is 17.7 Å². The van der Waals surface area contributed by atoms with Crippen molar-refractivity contribution in [3.8, 4) is 0 Å². The van der Waals surface area contributed by atoms with Gasteiger partial charge in [-0.15, -0.1) is 0 Å². The minimum absolute atomic E-state index is 0.0429. The van der Waals surface area contributed by atoms with Gasteiger partial charge in [0.15, 0.2) is 0 Å². The van der Waals surface area contributed by atoms with E-state index in [1.165, 1.54) is 11.3 Å². The molecule has 2 atom stereocenters. The number of carbonyl (C=O) groups excluding carboxylic acids is 1. The Bertz CT molecular complexity index is 377. The molecule has 1 fully saturated rings. The summed E-state index contributed by atoms with van der Waals surface area (Å²) in [5, 5.41) is 18.7. The van der Waals surface area contributed by atoms with Crippen LogP contribution in [0, 0.1) is 0 Å². The highest BCUT2D eigenvalue weighted by atomic mass is 32.1. The van der Waals surface area contributed by atoms with E-state index in [1.54, 1.807) is 11.4 Å². The Morgan fingerprint density at radius 1 is 1.76 bits per heavy atom. The number of nitrogens with one attached hydrogen (secondary N) is 2. The number of rotatable bonds is 4. The van der Waals surface area contributed by atoms with Crippen molar-refractivity contribution in [3.63, 3.8) is 0 Å². The highest BCUT2D eigenvalue weighted by Crippen LogP contribution is 2.20. The quantitative estimate of drug-likeness (QED) is 0.741. The van der Waals surface area contributed by atoms with Gasteiger partial charge in [-0.05, 0) is 28.9 Å². The predicted molar refractivity (Wildman–Crippen MR) is 63.6 cm³/mol. The maximum absolute atomic E-state index is 13.9. The molecule has 1 amide bonds. The average molecular weight is 258 g/mol. The van der Waals surface area contributed by atoms with Gasteiger partial charge >= 0.3 is 0 Å². The molecule has 1 aromatic heterocycles. The van der Waals surface area contributed by atoms with Gasteiger partial charge in [0.2, 0.25) is 5.67 Å². The van der Waals surface area contributed by atoms with Gasteiger partial charge in [0.05, 0.1) is 6.10 Å². The highest BCUT2D eigenvalue weighted by Gasteiger charge is 2.41. The van der Waals surface area contributed by atoms with Crippen LogP contribution in [0.2, 0.25) is 0 Å². The van der Waals surface area contributed by atoms with Crippen molar-refractivity contribution in [1.82, 2.24) is 10.6 Å². The lowest BCUT2D eigenvalue weighted by Gasteiger charge is -2.18. The van der Waals surface area contributed by atoms with Crippen molar-refractivity contribution in [2.24, 2.45) is 0 Å². The van der Waals surface area contributed by atoms with Crippen LogP contribution in [0.5, 0.6) is 0 Å². The van der Waals surface area contributed by atoms with E-state index in [9.17, 15) is 14.3 Å². The summed E-state index contributed by atoms with van der Waals surface area (Å²) >= 11 is 1.47. The van der Waals surface area contributed by atoms with Crippen molar-refractivity contribution >= 4 is 17.2 Å². The molecule has 1 aliphatic rings. The van der Waals surface area contributed by atoms with Gasteiger partial charge in [-0.25, -0.2) is 4.39 Å². The van der Waals surface area contributed by atoms with Crippen LogP contribution in [0.25, 0.3) is 0 Å². The lowest BCUT2D eigenvalue weighted by atomic mass is 10.0. The Labute approximate surface area is 103 Å². The molecule has 2 rings (SSSR count). The first-order valence-electron chi connectivity index (χ1n) is 5.50. The van der Waals surface area contributed by atoms with E-state index in [2.05, 4.69) is 10.6 Å². The Balaban J connectivity index is 1.84. The van der Waals surface area contributed by atoms with Crippen LogP contribution < -0.4 is 10.6 Å². The first kappa shape index (κ1) is 12.5. The first-order chi connectivity index (χ1) is 8.12. The third-order valence-corrected chi connectivity index (χ3v) is 3.60. The number of aliphatic hydroxyl groups is 1. The molecule has 17 heavy (non-hydrogen) atoms. The topological polar surface area (TPSA) is 61.4 Å². The number of alkyl halides is 1. The molecule has 2 heterocycles. The maximum Gasteiger partial charge on any atom is 0.259 e. The van der Waals surface area contributed by atoms with Crippen LogP contribution in [0.4, 0.5) is 4.39 Å². The van der Waals surface area contributed by atoms with Crippen molar-refractivity contribution in [2.45, 2.75) is 18.2 Å². The van der Waals surface area contributed by atoms with Gasteiger partial charge in [-0.2, -0.15) is 11.3 Å². The van der Waals surface area contributed by atoms with E-state index in [0.717, 1.165) is 5.56 Å². The zero-order valence-corrected chi connectivity index (χ0v) is 10.1. The monoisotopic (exact) mass is 258 g/mol. The summed E-state index contributed by atoms with van der Waals surface area (Å²) in [6.07, 6.45) is -0.587. The third-order valence-electron chi connectivity index (χ3n) is 2.89. The molecule has 94 valence electrons. The number of thiophene rings is 1. The zero-order chi connectivity index (χ0) is 12.3. The molecular formula is C11H15FN2O2S. The normalized spacial score (nSPS) is 25.8. The SMILES string of the molecule is O=C(NCC(O)c1ccsc1)C1(F)CCNC1. The van der Waals surface area contributed by atoms with Crippen LogP contribution in [-0.4, -0.2) is 36.3 Å². The molecule has 4 nitrogen and oxygen atoms in total. The Kier molecular flexibility index (Phi) is 3.76. The summed E-state index contributed by atoms with van der Waals surface area (Å²) in [6.45, 7) is 0.603. The summed E-state index contributed by atoms with van der Waals surface area (Å²) in [5.41, 5.74) is -1.08. The molecule has 0 saturated carbocycles. The van der Waals surface area contributed by atoms with Gasteiger partial charge in [0.25, 0.3) is 5.91 Å². The first-order valence-corrected chi connectivity index (χ1v) is 6.44. The molecule has 0 aliphatic carbocycles. The molecule has 1 aliphatic heterocycles. The van der Waals surface area contributed by atoms with E-state index in [0.29, 0.717) is 6.54 Å². The minimum atomic E-state index is -1.83. The molecule has 2 unspecified atom stereocenters. The number of halogens is 1. The summed E-state index contributed by atoms with van der Waals surface area (Å²) in [5.74, 6) is -0.642. The zero-order valence-electron chi connectivity index (χ0n) is 9.28. The maximum atomic E-state index is 13.9. The van der Waals surface area contributed by atoms with E-state index >= 15 is 0 Å². The van der Waals surface area contributed by atoms with Gasteiger partial charge in [-0.3, -0.25) is 4.79 Å². The lowest BCUT2D eigenvalue weighted by molar-refractivity contribution is -0.132. The molecule has 0 bridgehead atoms. The Hall–Kier alpha value is -0.980. The van der Waals surface area contributed by atoms with Crippen molar-refractivity contribution in [2.75, 3.05) is 19.6 Å². The number of hydrogen-bond acceptors (Lipinski definition) is 4. The van der Waals surface area contributed by atoms with E-state index in [1.807, 2.05) is 5.38 Å². The number of carbonyl (C=O) groups is 1. The van der Waals surface area contributed by atoms with Crippen LogP contribution in [0.3, 0.4) is 0 Å². The Morgan fingerprint density at radius 3 is 3.18 bits per heavy atom. The minimum Gasteiger partial charge on any atom is -0.387 e. The molecule has 1 aromatic rings. The van der Waals surface area contributed by atoms with Gasteiger partial charge < -0.3 is 15.7 Å². The fraction of sp³-hybridized carbons (Fsp3) is 0.545. The molecule has 3 N–H and O–H groups in total. The third kappa shape index (κ3) is 2.83. The predicted octanol–water partition coefficient (Wildman–Crippen LogP) is 0.599. The van der Waals surface area contributed by atoms with Crippen molar-refractivity contribution in [3.05, 3.63) is 22.4 Å². The van der Waals surface area contributed by atoms with Crippen LogP contribution >= 0.6 is 11.3 Å². The molecule has 0 aromatic carbocycles. The number of aliphatic hydroxyl groups excluding tert-OH is 1. The average Bonchev–Trinajstić information content (AvgIpc) is 2.96. The van der Waals surface area contributed by atoms with Crippen LogP contribution in [0.1, 0.15) is 18.1 Å². The summed E-state index contributed by atoms with van der Waals surface area (Å²) in [6, 6.07) is 1.78. The summed E-state index contributed by atoms with van der Waals surface area (Å²) in [7, 11) is 0. The second-order valence-electron chi connectivity index (χ2n) is 4.17. The molecule has 6 heteroatoms. The lowest BCUT2D eigenvalue weighted by Crippen LogP contribution is -2.46. The largest absolute Gasteiger partial charge is 0.387 e. The Morgan fingerprint density at radius 2 is 2.59 bits per heavy atom. The highest BCUT2D eigenvalue weighted by molar-refractivity contribution is 7.07. The van der Waals surface area contributed by atoms with Gasteiger partial charge in [0, 0.05) is 19.5 Å². The standard InChI is InChI=1S/C11H15FN2O2S/c12-11(2-3-13-7-11)10(16)14-5-9(15)8-1-4-17-6-8/h1,4,6,9,13,15H,2-3,5,7H2,(H,14,16). The van der Waals surface area contributed by atoms with Crippen LogP contribution in [-0.2, 0) is 4.79 Å². The van der Waals surface area contributed by atoms with E-state index in [-0.39, 0.29) is 19.5 Å². The number of amides is 1. The second-order valence-corrected chi connectivity index (χ2v) is 4.95. The fourth-order valence-corrected chi connectivity index (χ4v) is 2.49. The van der Waals surface area contributed by atoms with Crippen LogP contribution in [0.15, 0.2) is 16.8 Å². The molecular weight excluding hydrogens is 243 g/mol. The molecule has 0 spiro atoms. The smallest absolute Gasteiger partial charge is 0.259 e. The van der Waals surface area contributed by atoms with Gasteiger partial charge in [-0.1, -0.05) is 0 Å².